The molecule has 4 heterocycles. The Balaban J connectivity index is 1.29. The van der Waals surface area contributed by atoms with Crippen molar-refractivity contribution < 1.29 is 27.8 Å². The van der Waals surface area contributed by atoms with Crippen LogP contribution in [-0.4, -0.2) is 44.8 Å². The molecule has 2 aromatic heterocycles. The van der Waals surface area contributed by atoms with Gasteiger partial charge in [-0.3, -0.25) is 14.4 Å². The van der Waals surface area contributed by atoms with E-state index in [9.17, 15) is 23.1 Å². The molecular formula is C24H30F3N3O3S. The number of aliphatic hydroxyl groups is 1. The predicted molar refractivity (Wildman–Crippen MR) is 120 cm³/mol. The highest BCUT2D eigenvalue weighted by molar-refractivity contribution is 7.12. The van der Waals surface area contributed by atoms with Crippen LogP contribution in [0, 0.1) is 5.92 Å². The number of carbonyl (C=O) groups is 1. The molecule has 0 amide bonds. The van der Waals surface area contributed by atoms with Gasteiger partial charge in [-0.25, -0.2) is 0 Å². The van der Waals surface area contributed by atoms with E-state index >= 15 is 0 Å². The van der Waals surface area contributed by atoms with E-state index < -0.39 is 23.3 Å². The quantitative estimate of drug-likeness (QED) is 0.646. The molecule has 1 N–H and O–H groups in total. The molecule has 2 aromatic rings. The number of thiophene rings is 1. The second-order valence-corrected chi connectivity index (χ2v) is 10.9. The summed E-state index contributed by atoms with van der Waals surface area (Å²) in [7, 11) is 0. The Bertz CT molecular complexity index is 1060. The number of likely N-dealkylation sites (tertiary alicyclic amines) is 1. The van der Waals surface area contributed by atoms with Crippen molar-refractivity contribution >= 4 is 17.1 Å². The van der Waals surface area contributed by atoms with Gasteiger partial charge in [0, 0.05) is 47.3 Å². The van der Waals surface area contributed by atoms with Gasteiger partial charge in [0.15, 0.2) is 5.78 Å². The van der Waals surface area contributed by atoms with Crippen molar-refractivity contribution in [2.75, 3.05) is 13.2 Å². The molecule has 6 nitrogen and oxygen atoms in total. The Kier molecular flexibility index (Phi) is 6.37. The smallest absolute Gasteiger partial charge is 0.392 e. The molecular weight excluding hydrogens is 467 g/mol. The lowest BCUT2D eigenvalue weighted by Gasteiger charge is -2.47. The summed E-state index contributed by atoms with van der Waals surface area (Å²) in [6, 6.07) is 0.0914. The Morgan fingerprint density at radius 3 is 2.82 bits per heavy atom. The molecule has 34 heavy (non-hydrogen) atoms. The number of alkyl halides is 3. The summed E-state index contributed by atoms with van der Waals surface area (Å²) in [4.78, 5) is 14.5. The summed E-state index contributed by atoms with van der Waals surface area (Å²) in [5.41, 5.74) is 0.937. The first-order chi connectivity index (χ1) is 16.2. The van der Waals surface area contributed by atoms with E-state index in [1.165, 1.54) is 0 Å². The number of Topliss-reactive ketones (excluding diaryl/α,β-unsaturated/α-hetero) is 1. The molecule has 1 spiro atoms. The van der Waals surface area contributed by atoms with Gasteiger partial charge in [-0.05, 0) is 44.6 Å². The molecule has 0 radical (unpaired) electrons. The van der Waals surface area contributed by atoms with Crippen LogP contribution < -0.4 is 0 Å². The maximum Gasteiger partial charge on any atom is 0.425 e. The zero-order valence-electron chi connectivity index (χ0n) is 19.2. The summed E-state index contributed by atoms with van der Waals surface area (Å²) >= 11 is 0.750. The standard InChI is InChI=1S/C24H30F3N3O3S/c1-15-9-23(21-18(5-8-33-23)19(14-31)22(34-21)24(25,26)27)6-7-29(15)11-16-10-28-30(12-16)13-20(32)17-3-2-4-17/h10,12,15,17,31H,2-9,11,13-14H2,1H3/t15-,23+/m0/s1. The maximum atomic E-state index is 13.6. The van der Waals surface area contributed by atoms with Crippen LogP contribution in [0.4, 0.5) is 13.2 Å². The average molecular weight is 498 g/mol. The number of halogens is 3. The minimum Gasteiger partial charge on any atom is -0.392 e. The zero-order valence-corrected chi connectivity index (χ0v) is 20.1. The molecule has 2 atom stereocenters. The van der Waals surface area contributed by atoms with Gasteiger partial charge in [-0.1, -0.05) is 6.42 Å². The van der Waals surface area contributed by atoms with Crippen molar-refractivity contribution in [2.24, 2.45) is 5.92 Å². The molecule has 0 unspecified atom stereocenters. The Morgan fingerprint density at radius 1 is 1.38 bits per heavy atom. The van der Waals surface area contributed by atoms with Gasteiger partial charge < -0.3 is 9.84 Å². The second kappa shape index (κ2) is 9.04. The van der Waals surface area contributed by atoms with Gasteiger partial charge in [-0.15, -0.1) is 11.3 Å². The lowest BCUT2D eigenvalue weighted by molar-refractivity contribution is -0.135. The molecule has 0 aromatic carbocycles. The number of rotatable bonds is 6. The fourth-order valence-corrected chi connectivity index (χ4v) is 7.00. The van der Waals surface area contributed by atoms with Crippen molar-refractivity contribution in [1.82, 2.24) is 14.7 Å². The van der Waals surface area contributed by atoms with E-state index in [0.29, 0.717) is 55.9 Å². The monoisotopic (exact) mass is 497 g/mol. The normalized spacial score (nSPS) is 26.0. The highest BCUT2D eigenvalue weighted by Crippen LogP contribution is 2.51. The highest BCUT2D eigenvalue weighted by Gasteiger charge is 2.48. The SMILES string of the molecule is C[C@H]1C[C@@]2(CCN1Cc1cnn(CC(=O)C3CCC3)c1)OCCc1c2sc(C(F)(F)F)c1CO. The van der Waals surface area contributed by atoms with Gasteiger partial charge >= 0.3 is 6.18 Å². The van der Waals surface area contributed by atoms with Crippen LogP contribution in [0.5, 0.6) is 0 Å². The first-order valence-electron chi connectivity index (χ1n) is 12.0. The van der Waals surface area contributed by atoms with Crippen molar-refractivity contribution in [2.45, 2.75) is 83.0 Å². The highest BCUT2D eigenvalue weighted by atomic mass is 32.1. The molecule has 10 heteroatoms. The molecule has 5 rings (SSSR count). The molecule has 1 saturated carbocycles. The zero-order chi connectivity index (χ0) is 24.1. The largest absolute Gasteiger partial charge is 0.425 e. The molecule has 2 fully saturated rings. The number of aromatic nitrogens is 2. The fraction of sp³-hybridized carbons (Fsp3) is 0.667. The molecule has 186 valence electrons. The van der Waals surface area contributed by atoms with E-state index in [-0.39, 0.29) is 23.3 Å². The van der Waals surface area contributed by atoms with Crippen molar-refractivity contribution in [3.63, 3.8) is 0 Å². The van der Waals surface area contributed by atoms with Crippen LogP contribution in [0.2, 0.25) is 0 Å². The summed E-state index contributed by atoms with van der Waals surface area (Å²) in [6.07, 6.45) is 3.93. The number of hydrogen-bond donors (Lipinski definition) is 1. The number of ether oxygens (including phenoxy) is 1. The van der Waals surface area contributed by atoms with Crippen LogP contribution in [0.15, 0.2) is 12.4 Å². The third-order valence-electron chi connectivity index (χ3n) is 7.68. The van der Waals surface area contributed by atoms with Crippen molar-refractivity contribution in [1.29, 1.82) is 0 Å². The van der Waals surface area contributed by atoms with E-state index in [0.717, 1.165) is 36.2 Å². The molecule has 1 aliphatic carbocycles. The van der Waals surface area contributed by atoms with E-state index in [2.05, 4.69) is 16.9 Å². The first kappa shape index (κ1) is 24.0. The van der Waals surface area contributed by atoms with Crippen LogP contribution in [0.25, 0.3) is 0 Å². The average Bonchev–Trinajstić information content (AvgIpc) is 3.33. The van der Waals surface area contributed by atoms with E-state index in [1.807, 2.05) is 6.20 Å². The number of aliphatic hydroxyl groups excluding tert-OH is 1. The Morgan fingerprint density at radius 2 is 2.18 bits per heavy atom. The minimum absolute atomic E-state index is 0.0223. The Hall–Kier alpha value is -1.75. The fourth-order valence-electron chi connectivity index (χ4n) is 5.60. The second-order valence-electron chi connectivity index (χ2n) is 9.88. The number of carbonyl (C=O) groups excluding carboxylic acids is 1. The van der Waals surface area contributed by atoms with Gasteiger partial charge in [-0.2, -0.15) is 18.3 Å². The van der Waals surface area contributed by atoms with Gasteiger partial charge in [0.25, 0.3) is 0 Å². The molecule has 1 saturated heterocycles. The number of fused-ring (bicyclic) bond motifs is 2. The van der Waals surface area contributed by atoms with Crippen LogP contribution in [0.3, 0.4) is 0 Å². The van der Waals surface area contributed by atoms with E-state index in [4.69, 9.17) is 4.74 Å². The van der Waals surface area contributed by atoms with Gasteiger partial charge in [0.1, 0.15) is 10.5 Å². The summed E-state index contributed by atoms with van der Waals surface area (Å²) < 4.78 is 48.8. The lowest BCUT2D eigenvalue weighted by atomic mass is 9.81. The van der Waals surface area contributed by atoms with Crippen LogP contribution >= 0.6 is 11.3 Å². The maximum absolute atomic E-state index is 13.6. The van der Waals surface area contributed by atoms with E-state index in [1.54, 1.807) is 10.9 Å². The van der Waals surface area contributed by atoms with Crippen molar-refractivity contribution in [3.8, 4) is 0 Å². The van der Waals surface area contributed by atoms with Gasteiger partial charge in [0.05, 0.1) is 26.0 Å². The third kappa shape index (κ3) is 4.34. The molecule has 3 aliphatic rings. The summed E-state index contributed by atoms with van der Waals surface area (Å²) in [5.74, 6) is 0.434. The third-order valence-corrected chi connectivity index (χ3v) is 9.18. The molecule has 0 bridgehead atoms. The van der Waals surface area contributed by atoms with Crippen LogP contribution in [-0.2, 0) is 47.4 Å². The van der Waals surface area contributed by atoms with Crippen molar-refractivity contribution in [3.05, 3.63) is 38.8 Å². The number of hydrogen-bond acceptors (Lipinski definition) is 6. The number of nitrogens with zero attached hydrogens (tertiary/aromatic N) is 3. The topological polar surface area (TPSA) is 67.6 Å². The lowest BCUT2D eigenvalue weighted by Crippen LogP contribution is -2.50. The van der Waals surface area contributed by atoms with Gasteiger partial charge in [0.2, 0.25) is 0 Å². The minimum atomic E-state index is -4.48. The van der Waals surface area contributed by atoms with Crippen LogP contribution in [0.1, 0.15) is 65.5 Å². The summed E-state index contributed by atoms with van der Waals surface area (Å²) in [6.45, 7) is 3.50. The molecule has 2 aliphatic heterocycles. The first-order valence-corrected chi connectivity index (χ1v) is 12.8. The number of ketones is 1. The number of piperidine rings is 1. The predicted octanol–water partition coefficient (Wildman–Crippen LogP) is 4.28. The Labute approximate surface area is 200 Å². The summed E-state index contributed by atoms with van der Waals surface area (Å²) in [5, 5.41) is 14.1.